The summed E-state index contributed by atoms with van der Waals surface area (Å²) >= 11 is 0. The molecule has 0 aromatic carbocycles. The van der Waals surface area contributed by atoms with Crippen LogP contribution in [-0.4, -0.2) is 55.7 Å². The molecule has 1 heterocycles. The zero-order valence-electron chi connectivity index (χ0n) is 10.5. The molecule has 0 aromatic heterocycles. The van der Waals surface area contributed by atoms with Crippen molar-refractivity contribution in [1.29, 1.82) is 0 Å². The highest BCUT2D eigenvalue weighted by Crippen LogP contribution is 2.16. The summed E-state index contributed by atoms with van der Waals surface area (Å²) in [6.45, 7) is 7.39. The number of hydrogen-bond donors (Lipinski definition) is 2. The smallest absolute Gasteiger partial charge is 0.237 e. The Balaban J connectivity index is 2.53. The summed E-state index contributed by atoms with van der Waals surface area (Å²) < 4.78 is 5.30. The number of amides is 1. The van der Waals surface area contributed by atoms with Gasteiger partial charge >= 0.3 is 0 Å². The molecule has 16 heavy (non-hydrogen) atoms. The Kier molecular flexibility index (Phi) is 4.70. The molecule has 94 valence electrons. The molecule has 2 unspecified atom stereocenters. The standard InChI is InChI=1S/C11H23N3O2/c1-9(14-4-6-16-7-5-14)8-11(2,13-3)10(12)15/h9,13H,4-8H2,1-3H3,(H2,12,15). The van der Waals surface area contributed by atoms with Crippen molar-refractivity contribution in [3.05, 3.63) is 0 Å². The zero-order valence-corrected chi connectivity index (χ0v) is 10.5. The van der Waals surface area contributed by atoms with Gasteiger partial charge in [0.2, 0.25) is 5.91 Å². The zero-order chi connectivity index (χ0) is 12.2. The van der Waals surface area contributed by atoms with Crippen molar-refractivity contribution in [2.75, 3.05) is 33.4 Å². The molecular weight excluding hydrogens is 206 g/mol. The fourth-order valence-corrected chi connectivity index (χ4v) is 2.06. The van der Waals surface area contributed by atoms with Gasteiger partial charge in [0, 0.05) is 19.1 Å². The highest BCUT2D eigenvalue weighted by atomic mass is 16.5. The van der Waals surface area contributed by atoms with E-state index in [1.54, 1.807) is 7.05 Å². The largest absolute Gasteiger partial charge is 0.379 e. The van der Waals surface area contributed by atoms with Crippen LogP contribution in [-0.2, 0) is 9.53 Å². The third-order valence-corrected chi connectivity index (χ3v) is 3.47. The van der Waals surface area contributed by atoms with Gasteiger partial charge in [-0.25, -0.2) is 0 Å². The number of carbonyl (C=O) groups is 1. The van der Waals surface area contributed by atoms with Crippen molar-refractivity contribution < 1.29 is 9.53 Å². The number of rotatable bonds is 5. The fraction of sp³-hybridized carbons (Fsp3) is 0.909. The van der Waals surface area contributed by atoms with Crippen LogP contribution < -0.4 is 11.1 Å². The first kappa shape index (κ1) is 13.4. The van der Waals surface area contributed by atoms with Crippen molar-refractivity contribution in [3.8, 4) is 0 Å². The number of nitrogens with zero attached hydrogens (tertiary/aromatic N) is 1. The van der Waals surface area contributed by atoms with Crippen molar-refractivity contribution in [1.82, 2.24) is 10.2 Å². The number of morpholine rings is 1. The fourth-order valence-electron chi connectivity index (χ4n) is 2.06. The molecule has 0 spiro atoms. The normalized spacial score (nSPS) is 23.7. The minimum absolute atomic E-state index is 0.296. The van der Waals surface area contributed by atoms with E-state index in [9.17, 15) is 4.79 Å². The highest BCUT2D eigenvalue weighted by Gasteiger charge is 2.33. The minimum atomic E-state index is -0.627. The number of likely N-dealkylation sites (N-methyl/N-ethyl adjacent to an activating group) is 1. The number of carbonyl (C=O) groups excluding carboxylic acids is 1. The molecule has 1 rings (SSSR count). The molecule has 1 aliphatic heterocycles. The van der Waals surface area contributed by atoms with Crippen LogP contribution >= 0.6 is 0 Å². The molecule has 0 aromatic rings. The van der Waals surface area contributed by atoms with E-state index in [1.807, 2.05) is 6.92 Å². The lowest BCUT2D eigenvalue weighted by atomic mass is 9.92. The van der Waals surface area contributed by atoms with E-state index in [0.29, 0.717) is 6.04 Å². The summed E-state index contributed by atoms with van der Waals surface area (Å²) in [5.74, 6) is -0.296. The number of ether oxygens (including phenoxy) is 1. The van der Waals surface area contributed by atoms with Gasteiger partial charge in [-0.3, -0.25) is 9.69 Å². The summed E-state index contributed by atoms with van der Waals surface area (Å²) in [6, 6.07) is 0.328. The molecule has 5 nitrogen and oxygen atoms in total. The summed E-state index contributed by atoms with van der Waals surface area (Å²) in [5.41, 5.74) is 4.79. The van der Waals surface area contributed by atoms with Crippen LogP contribution in [0.15, 0.2) is 0 Å². The summed E-state index contributed by atoms with van der Waals surface area (Å²) in [6.07, 6.45) is 0.721. The van der Waals surface area contributed by atoms with E-state index in [1.165, 1.54) is 0 Å². The van der Waals surface area contributed by atoms with Gasteiger partial charge in [-0.15, -0.1) is 0 Å². The van der Waals surface area contributed by atoms with Crippen molar-refractivity contribution >= 4 is 5.91 Å². The maximum atomic E-state index is 11.4. The van der Waals surface area contributed by atoms with E-state index in [-0.39, 0.29) is 5.91 Å². The Morgan fingerprint density at radius 2 is 2.12 bits per heavy atom. The Morgan fingerprint density at radius 1 is 1.56 bits per heavy atom. The third kappa shape index (κ3) is 3.17. The molecule has 0 radical (unpaired) electrons. The molecule has 1 saturated heterocycles. The Morgan fingerprint density at radius 3 is 2.56 bits per heavy atom. The van der Waals surface area contributed by atoms with E-state index >= 15 is 0 Å². The lowest BCUT2D eigenvalue weighted by molar-refractivity contribution is -0.124. The Hall–Kier alpha value is -0.650. The van der Waals surface area contributed by atoms with Crippen LogP contribution in [0.2, 0.25) is 0 Å². The second kappa shape index (κ2) is 5.61. The van der Waals surface area contributed by atoms with E-state index in [4.69, 9.17) is 10.5 Å². The summed E-state index contributed by atoms with van der Waals surface area (Å²) in [4.78, 5) is 13.7. The Bertz CT molecular complexity index is 241. The Labute approximate surface area is 97.3 Å². The second-order valence-electron chi connectivity index (χ2n) is 4.65. The van der Waals surface area contributed by atoms with Crippen molar-refractivity contribution in [3.63, 3.8) is 0 Å². The van der Waals surface area contributed by atoms with Gasteiger partial charge in [-0.05, 0) is 27.3 Å². The SMILES string of the molecule is CNC(C)(CC(C)N1CCOCC1)C(N)=O. The third-order valence-electron chi connectivity index (χ3n) is 3.47. The molecule has 0 bridgehead atoms. The average molecular weight is 229 g/mol. The molecule has 3 N–H and O–H groups in total. The van der Waals surface area contributed by atoms with E-state index in [2.05, 4.69) is 17.1 Å². The molecule has 0 aliphatic carbocycles. The van der Waals surface area contributed by atoms with Crippen LogP contribution in [0, 0.1) is 0 Å². The first-order valence-corrected chi connectivity index (χ1v) is 5.80. The number of primary amides is 1. The van der Waals surface area contributed by atoms with Gasteiger partial charge in [-0.2, -0.15) is 0 Å². The highest BCUT2D eigenvalue weighted by molar-refractivity contribution is 5.84. The predicted molar refractivity (Wildman–Crippen MR) is 63.1 cm³/mol. The number of nitrogens with one attached hydrogen (secondary N) is 1. The minimum Gasteiger partial charge on any atom is -0.379 e. The first-order chi connectivity index (χ1) is 7.49. The molecule has 1 amide bonds. The molecule has 0 saturated carbocycles. The van der Waals surface area contributed by atoms with E-state index < -0.39 is 5.54 Å². The van der Waals surface area contributed by atoms with Gasteiger partial charge in [-0.1, -0.05) is 0 Å². The van der Waals surface area contributed by atoms with Gasteiger partial charge < -0.3 is 15.8 Å². The van der Waals surface area contributed by atoms with Gasteiger partial charge in [0.1, 0.15) is 0 Å². The molecule has 2 atom stereocenters. The van der Waals surface area contributed by atoms with E-state index in [0.717, 1.165) is 32.7 Å². The lowest BCUT2D eigenvalue weighted by Crippen LogP contribution is -2.56. The molecule has 1 fully saturated rings. The quantitative estimate of drug-likeness (QED) is 0.671. The lowest BCUT2D eigenvalue weighted by Gasteiger charge is -2.37. The van der Waals surface area contributed by atoms with Gasteiger partial charge in [0.05, 0.1) is 18.8 Å². The monoisotopic (exact) mass is 229 g/mol. The molecule has 5 heteroatoms. The van der Waals surface area contributed by atoms with Gasteiger partial charge in [0.25, 0.3) is 0 Å². The average Bonchev–Trinajstić information content (AvgIpc) is 2.29. The molecule has 1 aliphatic rings. The second-order valence-corrected chi connectivity index (χ2v) is 4.65. The number of nitrogens with two attached hydrogens (primary N) is 1. The van der Waals surface area contributed by atoms with Crippen molar-refractivity contribution in [2.24, 2.45) is 5.73 Å². The molecular formula is C11H23N3O2. The first-order valence-electron chi connectivity index (χ1n) is 5.80. The van der Waals surface area contributed by atoms with Crippen LogP contribution in [0.3, 0.4) is 0 Å². The summed E-state index contributed by atoms with van der Waals surface area (Å²) in [5, 5.41) is 3.02. The van der Waals surface area contributed by atoms with Crippen LogP contribution in [0.1, 0.15) is 20.3 Å². The van der Waals surface area contributed by atoms with Crippen LogP contribution in [0.5, 0.6) is 0 Å². The van der Waals surface area contributed by atoms with Gasteiger partial charge in [0.15, 0.2) is 0 Å². The maximum Gasteiger partial charge on any atom is 0.237 e. The van der Waals surface area contributed by atoms with Crippen molar-refractivity contribution in [2.45, 2.75) is 31.8 Å². The number of hydrogen-bond acceptors (Lipinski definition) is 4. The topological polar surface area (TPSA) is 67.6 Å². The van der Waals surface area contributed by atoms with Crippen LogP contribution in [0.4, 0.5) is 0 Å². The maximum absolute atomic E-state index is 11.4. The summed E-state index contributed by atoms with van der Waals surface area (Å²) in [7, 11) is 1.77. The van der Waals surface area contributed by atoms with Crippen LogP contribution in [0.25, 0.3) is 0 Å². The predicted octanol–water partition coefficient (Wildman–Crippen LogP) is -0.439.